The zero-order chi connectivity index (χ0) is 16.2. The first-order chi connectivity index (χ1) is 9.79. The maximum atomic E-state index is 12.0. The lowest BCUT2D eigenvalue weighted by Gasteiger charge is -2.09. The van der Waals surface area contributed by atoms with Gasteiger partial charge in [-0.1, -0.05) is 19.8 Å². The van der Waals surface area contributed by atoms with Crippen LogP contribution < -0.4 is 0 Å². The molecule has 0 saturated heterocycles. The molecule has 1 radical (unpaired) electrons. The van der Waals surface area contributed by atoms with E-state index in [0.717, 1.165) is 0 Å². The normalized spacial score (nSPS) is 11.9. The van der Waals surface area contributed by atoms with Crippen LogP contribution in [0.4, 0.5) is 17.1 Å². The maximum absolute atomic E-state index is 12.0. The number of benzene rings is 1. The van der Waals surface area contributed by atoms with Crippen molar-refractivity contribution in [2.75, 3.05) is 0 Å². The lowest BCUT2D eigenvalue weighted by Crippen LogP contribution is -2.07. The van der Waals surface area contributed by atoms with Crippen molar-refractivity contribution in [2.45, 2.75) is 32.3 Å². The number of nitrogens with zero attached hydrogens (tertiary/aromatic N) is 3. The second kappa shape index (κ2) is 6.70. The maximum Gasteiger partial charge on any atom is 0.289 e. The molecule has 0 fully saturated rings. The van der Waals surface area contributed by atoms with Gasteiger partial charge >= 0.3 is 0 Å². The molecule has 0 N–H and O–H groups in total. The van der Waals surface area contributed by atoms with Gasteiger partial charge in [0.2, 0.25) is 0 Å². The second-order valence-electron chi connectivity index (χ2n) is 4.30. The number of hydrogen-bond acceptors (Lipinski definition) is 6. The summed E-state index contributed by atoms with van der Waals surface area (Å²) in [7, 11) is 0. The molecule has 0 heterocycles. The Morgan fingerprint density at radius 2 is 1.48 bits per heavy atom. The largest absolute Gasteiger partial charge is 0.289 e. The standard InChI is InChI=1S/C11H12N3O7/c1-2-3-4-10(15)11-8(13(18)19)5-7(12(16)17)6-9(11)14(20)21/h5-6,10H,2-4H2,1H3. The van der Waals surface area contributed by atoms with Crippen molar-refractivity contribution in [2.24, 2.45) is 0 Å². The van der Waals surface area contributed by atoms with Gasteiger partial charge in [0.15, 0.2) is 0 Å². The van der Waals surface area contributed by atoms with Crippen LogP contribution >= 0.6 is 0 Å². The highest BCUT2D eigenvalue weighted by Gasteiger charge is 2.34. The van der Waals surface area contributed by atoms with Crippen LogP contribution in [0.2, 0.25) is 0 Å². The second-order valence-corrected chi connectivity index (χ2v) is 4.30. The monoisotopic (exact) mass is 298 g/mol. The molecular weight excluding hydrogens is 286 g/mol. The molecule has 21 heavy (non-hydrogen) atoms. The quantitative estimate of drug-likeness (QED) is 0.557. The molecule has 0 saturated carbocycles. The van der Waals surface area contributed by atoms with Crippen LogP contribution in [0.15, 0.2) is 12.1 Å². The molecule has 10 nitrogen and oxygen atoms in total. The van der Waals surface area contributed by atoms with Crippen molar-refractivity contribution in [1.29, 1.82) is 0 Å². The topological polar surface area (TPSA) is 149 Å². The van der Waals surface area contributed by atoms with Crippen LogP contribution in [0, 0.1) is 30.3 Å². The van der Waals surface area contributed by atoms with E-state index in [1.54, 1.807) is 6.92 Å². The summed E-state index contributed by atoms with van der Waals surface area (Å²) in [4.78, 5) is 29.6. The van der Waals surface area contributed by atoms with Crippen molar-refractivity contribution in [3.05, 3.63) is 48.0 Å². The molecule has 0 aliphatic rings. The summed E-state index contributed by atoms with van der Waals surface area (Å²) in [5.41, 5.74) is -3.16. The highest BCUT2D eigenvalue weighted by Crippen LogP contribution is 2.39. The zero-order valence-electron chi connectivity index (χ0n) is 11.1. The van der Waals surface area contributed by atoms with Gasteiger partial charge in [-0.3, -0.25) is 30.3 Å². The fourth-order valence-electron chi connectivity index (χ4n) is 1.88. The van der Waals surface area contributed by atoms with Gasteiger partial charge in [-0.05, 0) is 6.42 Å². The summed E-state index contributed by atoms with van der Waals surface area (Å²) in [5.74, 6) is 0. The zero-order valence-corrected chi connectivity index (χ0v) is 11.1. The van der Waals surface area contributed by atoms with E-state index in [9.17, 15) is 35.4 Å². The molecule has 1 atom stereocenters. The number of rotatable bonds is 7. The van der Waals surface area contributed by atoms with Crippen LogP contribution in [0.1, 0.15) is 37.9 Å². The highest BCUT2D eigenvalue weighted by molar-refractivity contribution is 5.61. The van der Waals surface area contributed by atoms with E-state index in [1.807, 2.05) is 0 Å². The summed E-state index contributed by atoms with van der Waals surface area (Å²) < 4.78 is 0. The summed E-state index contributed by atoms with van der Waals surface area (Å²) in [5, 5.41) is 44.7. The van der Waals surface area contributed by atoms with Crippen LogP contribution in [0.5, 0.6) is 0 Å². The Morgan fingerprint density at radius 3 is 1.81 bits per heavy atom. The van der Waals surface area contributed by atoms with Crippen molar-refractivity contribution >= 4 is 17.1 Å². The number of nitro groups is 3. The van der Waals surface area contributed by atoms with Crippen molar-refractivity contribution in [1.82, 2.24) is 0 Å². The smallest absolute Gasteiger partial charge is 0.258 e. The molecule has 0 amide bonds. The molecule has 0 aliphatic heterocycles. The fraction of sp³-hybridized carbons (Fsp3) is 0.455. The van der Waals surface area contributed by atoms with Crippen LogP contribution in [-0.2, 0) is 5.11 Å². The Bertz CT molecular complexity index is 552. The molecule has 1 unspecified atom stereocenters. The molecule has 1 rings (SSSR count). The Balaban J connectivity index is 3.53. The lowest BCUT2D eigenvalue weighted by molar-refractivity contribution is -0.405. The Kier molecular flexibility index (Phi) is 5.24. The third kappa shape index (κ3) is 3.69. The Hall–Kier alpha value is -2.62. The predicted molar refractivity (Wildman–Crippen MR) is 69.4 cm³/mol. The van der Waals surface area contributed by atoms with Gasteiger partial charge < -0.3 is 0 Å². The number of hydrogen-bond donors (Lipinski definition) is 0. The van der Waals surface area contributed by atoms with Crippen LogP contribution in [0.3, 0.4) is 0 Å². The SMILES string of the molecule is CCCCC([O])c1c([N+](=O)[O-])cc([N+](=O)[O-])cc1[N+](=O)[O-]. The van der Waals surface area contributed by atoms with Gasteiger partial charge in [-0.25, -0.2) is 5.11 Å². The van der Waals surface area contributed by atoms with Gasteiger partial charge in [0, 0.05) is 0 Å². The van der Waals surface area contributed by atoms with E-state index in [2.05, 4.69) is 0 Å². The van der Waals surface area contributed by atoms with E-state index in [4.69, 9.17) is 0 Å². The summed E-state index contributed by atoms with van der Waals surface area (Å²) in [6, 6.07) is 1.17. The highest BCUT2D eigenvalue weighted by atomic mass is 16.6. The van der Waals surface area contributed by atoms with E-state index >= 15 is 0 Å². The Labute approximate surface area is 118 Å². The minimum absolute atomic E-state index is 0.0179. The average Bonchev–Trinajstić information content (AvgIpc) is 2.42. The first-order valence-electron chi connectivity index (χ1n) is 6.06. The summed E-state index contributed by atoms with van der Waals surface area (Å²) in [6.45, 7) is 1.80. The first kappa shape index (κ1) is 16.4. The number of non-ortho nitro benzene ring substituents is 1. The van der Waals surface area contributed by atoms with Gasteiger partial charge in [0.05, 0.1) is 26.9 Å². The van der Waals surface area contributed by atoms with Crippen molar-refractivity contribution < 1.29 is 19.9 Å². The number of nitro benzene ring substituents is 3. The third-order valence-electron chi connectivity index (χ3n) is 2.87. The van der Waals surface area contributed by atoms with Crippen LogP contribution in [0.25, 0.3) is 0 Å². The van der Waals surface area contributed by atoms with Crippen molar-refractivity contribution in [3.63, 3.8) is 0 Å². The molecule has 10 heteroatoms. The summed E-state index contributed by atoms with van der Waals surface area (Å²) >= 11 is 0. The van der Waals surface area contributed by atoms with Gasteiger partial charge in [0.1, 0.15) is 11.7 Å². The van der Waals surface area contributed by atoms with E-state index in [0.29, 0.717) is 25.0 Å². The van der Waals surface area contributed by atoms with Crippen LogP contribution in [-0.4, -0.2) is 14.8 Å². The van der Waals surface area contributed by atoms with E-state index in [1.165, 1.54) is 0 Å². The average molecular weight is 298 g/mol. The molecule has 1 aromatic rings. The molecule has 0 aliphatic carbocycles. The molecular formula is C11H12N3O7. The van der Waals surface area contributed by atoms with Gasteiger partial charge in [0.25, 0.3) is 17.1 Å². The van der Waals surface area contributed by atoms with E-state index in [-0.39, 0.29) is 6.42 Å². The van der Waals surface area contributed by atoms with E-state index < -0.39 is 43.5 Å². The molecule has 1 aromatic carbocycles. The predicted octanol–water partition coefficient (Wildman–Crippen LogP) is 3.07. The molecule has 0 spiro atoms. The number of unbranched alkanes of at least 4 members (excludes halogenated alkanes) is 1. The Morgan fingerprint density at radius 1 is 1.00 bits per heavy atom. The third-order valence-corrected chi connectivity index (χ3v) is 2.87. The van der Waals surface area contributed by atoms with Gasteiger partial charge in [-0.15, -0.1) is 0 Å². The minimum Gasteiger partial charge on any atom is -0.258 e. The molecule has 0 bridgehead atoms. The fourth-order valence-corrected chi connectivity index (χ4v) is 1.88. The van der Waals surface area contributed by atoms with Gasteiger partial charge in [-0.2, -0.15) is 0 Å². The lowest BCUT2D eigenvalue weighted by atomic mass is 9.99. The molecule has 0 aromatic heterocycles. The molecule has 113 valence electrons. The van der Waals surface area contributed by atoms with Crippen molar-refractivity contribution in [3.8, 4) is 0 Å². The summed E-state index contributed by atoms with van der Waals surface area (Å²) in [6.07, 6.45) is -0.602. The first-order valence-corrected chi connectivity index (χ1v) is 6.06. The minimum atomic E-state index is -1.67.